The molecule has 0 saturated carbocycles. The van der Waals surface area contributed by atoms with Crippen LogP contribution < -0.4 is 0 Å². The van der Waals surface area contributed by atoms with Crippen LogP contribution in [-0.2, 0) is 14.3 Å². The molecule has 2 rings (SSSR count). The van der Waals surface area contributed by atoms with Crippen LogP contribution in [0.1, 0.15) is 11.6 Å². The molecule has 1 aliphatic heterocycles. The molecule has 1 aromatic rings. The Morgan fingerprint density at radius 3 is 2.61 bits per heavy atom. The highest BCUT2D eigenvalue weighted by atomic mass is 35.5. The number of nitrogens with zero attached hydrogens (tertiary/aromatic N) is 1. The lowest BCUT2D eigenvalue weighted by Crippen LogP contribution is -2.50. The summed E-state index contributed by atoms with van der Waals surface area (Å²) in [5, 5.41) is 9.69. The molecule has 1 aromatic carbocycles. The zero-order chi connectivity index (χ0) is 13.3. The van der Waals surface area contributed by atoms with Crippen LogP contribution in [0, 0.1) is 0 Å². The van der Waals surface area contributed by atoms with E-state index < -0.39 is 18.1 Å². The number of halogens is 1. The highest BCUT2D eigenvalue weighted by molar-refractivity contribution is 6.30. The number of rotatable bonds is 2. The second kappa shape index (κ2) is 4.96. The first kappa shape index (κ1) is 12.9. The monoisotopic (exact) mass is 269 g/mol. The number of ether oxygens (including phenoxy) is 1. The van der Waals surface area contributed by atoms with Gasteiger partial charge in [0.25, 0.3) is 0 Å². The minimum atomic E-state index is -1.09. The molecule has 2 atom stereocenters. The van der Waals surface area contributed by atoms with Gasteiger partial charge in [0.15, 0.2) is 6.10 Å². The van der Waals surface area contributed by atoms with Crippen LogP contribution in [0.4, 0.5) is 0 Å². The molecule has 1 fully saturated rings. The van der Waals surface area contributed by atoms with Crippen molar-refractivity contribution in [3.63, 3.8) is 0 Å². The molecule has 0 spiro atoms. The van der Waals surface area contributed by atoms with Gasteiger partial charge in [0.05, 0.1) is 6.04 Å². The van der Waals surface area contributed by atoms with E-state index in [0.717, 1.165) is 0 Å². The van der Waals surface area contributed by atoms with Gasteiger partial charge in [-0.15, -0.1) is 0 Å². The van der Waals surface area contributed by atoms with Crippen molar-refractivity contribution >= 4 is 23.5 Å². The molecule has 1 N–H and O–H groups in total. The molecular weight excluding hydrogens is 258 g/mol. The maximum Gasteiger partial charge on any atom is 0.335 e. The van der Waals surface area contributed by atoms with Gasteiger partial charge in [0.2, 0.25) is 5.91 Å². The fraction of sp³-hybridized carbons (Fsp3) is 0.333. The molecule has 1 heterocycles. The summed E-state index contributed by atoms with van der Waals surface area (Å²) in [6.07, 6.45) is -1.06. The molecular formula is C12H12ClNO4. The number of amides is 1. The lowest BCUT2D eigenvalue weighted by Gasteiger charge is -2.37. The van der Waals surface area contributed by atoms with Crippen molar-refractivity contribution in [2.75, 3.05) is 13.7 Å². The summed E-state index contributed by atoms with van der Waals surface area (Å²) in [5.74, 6) is -1.33. The Kier molecular flexibility index (Phi) is 3.54. The largest absolute Gasteiger partial charge is 0.479 e. The first-order chi connectivity index (χ1) is 8.50. The van der Waals surface area contributed by atoms with Gasteiger partial charge in [-0.25, -0.2) is 4.79 Å². The van der Waals surface area contributed by atoms with Gasteiger partial charge in [-0.2, -0.15) is 0 Å². The topological polar surface area (TPSA) is 66.8 Å². The Morgan fingerprint density at radius 1 is 1.44 bits per heavy atom. The van der Waals surface area contributed by atoms with Crippen molar-refractivity contribution in [3.8, 4) is 0 Å². The average molecular weight is 270 g/mol. The van der Waals surface area contributed by atoms with Crippen LogP contribution >= 0.6 is 11.6 Å². The predicted octanol–water partition coefficient (Wildman–Crippen LogP) is 1.32. The van der Waals surface area contributed by atoms with E-state index >= 15 is 0 Å². The van der Waals surface area contributed by atoms with E-state index in [9.17, 15) is 9.59 Å². The number of hydrogen-bond acceptors (Lipinski definition) is 3. The lowest BCUT2D eigenvalue weighted by atomic mass is 9.98. The van der Waals surface area contributed by atoms with E-state index in [-0.39, 0.29) is 12.5 Å². The lowest BCUT2D eigenvalue weighted by molar-refractivity contribution is -0.171. The van der Waals surface area contributed by atoms with Gasteiger partial charge < -0.3 is 14.7 Å². The molecule has 0 radical (unpaired) electrons. The Balaban J connectivity index is 2.37. The maximum atomic E-state index is 11.6. The zero-order valence-electron chi connectivity index (χ0n) is 9.67. The molecule has 0 aliphatic carbocycles. The summed E-state index contributed by atoms with van der Waals surface area (Å²) in [6, 6.07) is 6.06. The minimum Gasteiger partial charge on any atom is -0.479 e. The number of aliphatic carboxylic acids is 1. The van der Waals surface area contributed by atoms with Crippen LogP contribution in [0.5, 0.6) is 0 Å². The average Bonchev–Trinajstić information content (AvgIpc) is 2.33. The number of morpholine rings is 1. The van der Waals surface area contributed by atoms with Gasteiger partial charge in [-0.3, -0.25) is 4.79 Å². The molecule has 5 nitrogen and oxygen atoms in total. The summed E-state index contributed by atoms with van der Waals surface area (Å²) in [6.45, 7) is -0.211. The second-order valence-corrected chi connectivity index (χ2v) is 4.51. The molecule has 1 amide bonds. The van der Waals surface area contributed by atoms with Gasteiger partial charge in [-0.05, 0) is 17.7 Å². The molecule has 6 heteroatoms. The number of hydrogen-bond donors (Lipinski definition) is 1. The predicted molar refractivity (Wildman–Crippen MR) is 64.3 cm³/mol. The van der Waals surface area contributed by atoms with Crippen LogP contribution in [0.3, 0.4) is 0 Å². The van der Waals surface area contributed by atoms with Crippen molar-refractivity contribution < 1.29 is 19.4 Å². The number of carboxylic acid groups (broad SMARTS) is 1. The molecule has 1 aliphatic rings. The highest BCUT2D eigenvalue weighted by Gasteiger charge is 2.39. The smallest absolute Gasteiger partial charge is 0.335 e. The van der Waals surface area contributed by atoms with Crippen LogP contribution in [0.2, 0.25) is 5.02 Å². The molecule has 0 aromatic heterocycles. The fourth-order valence-electron chi connectivity index (χ4n) is 1.98. The Labute approximate surface area is 109 Å². The first-order valence-corrected chi connectivity index (χ1v) is 5.74. The molecule has 1 saturated heterocycles. The summed E-state index contributed by atoms with van der Waals surface area (Å²) in [7, 11) is 1.57. The molecule has 0 bridgehead atoms. The standard InChI is InChI=1S/C12H12ClNO4/c1-14-9(15)6-18-11(12(16)17)10(14)7-2-4-8(13)5-3-7/h2-5,10-11H,6H2,1H3,(H,16,17). The van der Waals surface area contributed by atoms with E-state index in [1.807, 2.05) is 0 Å². The maximum absolute atomic E-state index is 11.6. The van der Waals surface area contributed by atoms with Gasteiger partial charge in [-0.1, -0.05) is 23.7 Å². The second-order valence-electron chi connectivity index (χ2n) is 4.07. The third-order valence-corrected chi connectivity index (χ3v) is 3.19. The molecule has 96 valence electrons. The minimum absolute atomic E-state index is 0.211. The summed E-state index contributed by atoms with van der Waals surface area (Å²) in [5.41, 5.74) is 0.683. The fourth-order valence-corrected chi connectivity index (χ4v) is 2.10. The first-order valence-electron chi connectivity index (χ1n) is 5.36. The van der Waals surface area contributed by atoms with Crippen molar-refractivity contribution in [2.45, 2.75) is 12.1 Å². The Morgan fingerprint density at radius 2 is 2.06 bits per heavy atom. The third-order valence-electron chi connectivity index (χ3n) is 2.94. The van der Waals surface area contributed by atoms with Crippen LogP contribution in [0.25, 0.3) is 0 Å². The zero-order valence-corrected chi connectivity index (χ0v) is 10.4. The van der Waals surface area contributed by atoms with Crippen LogP contribution in [-0.4, -0.2) is 41.6 Å². The van der Waals surface area contributed by atoms with Crippen LogP contribution in [0.15, 0.2) is 24.3 Å². The van der Waals surface area contributed by atoms with Gasteiger partial charge in [0.1, 0.15) is 6.61 Å². The molecule has 18 heavy (non-hydrogen) atoms. The van der Waals surface area contributed by atoms with E-state index in [0.29, 0.717) is 10.6 Å². The molecule has 2 unspecified atom stereocenters. The van der Waals surface area contributed by atoms with E-state index in [2.05, 4.69) is 0 Å². The quantitative estimate of drug-likeness (QED) is 0.879. The van der Waals surface area contributed by atoms with Crippen molar-refractivity contribution in [1.29, 1.82) is 0 Å². The van der Waals surface area contributed by atoms with Gasteiger partial charge >= 0.3 is 5.97 Å². The normalized spacial score (nSPS) is 24.1. The Bertz CT molecular complexity index is 473. The summed E-state index contributed by atoms with van der Waals surface area (Å²) < 4.78 is 5.10. The number of benzene rings is 1. The number of likely N-dealkylation sites (N-methyl/N-ethyl adjacent to an activating group) is 1. The highest BCUT2D eigenvalue weighted by Crippen LogP contribution is 2.29. The van der Waals surface area contributed by atoms with Crippen molar-refractivity contribution in [2.24, 2.45) is 0 Å². The SMILES string of the molecule is CN1C(=O)COC(C(=O)O)C1c1ccc(Cl)cc1. The summed E-state index contributed by atoms with van der Waals surface area (Å²) >= 11 is 5.79. The number of carboxylic acids is 1. The van der Waals surface area contributed by atoms with Crippen molar-refractivity contribution in [3.05, 3.63) is 34.9 Å². The van der Waals surface area contributed by atoms with Crippen molar-refractivity contribution in [1.82, 2.24) is 4.90 Å². The van der Waals surface area contributed by atoms with E-state index in [1.54, 1.807) is 31.3 Å². The van der Waals surface area contributed by atoms with Gasteiger partial charge in [0, 0.05) is 12.1 Å². The van der Waals surface area contributed by atoms with E-state index in [1.165, 1.54) is 4.90 Å². The number of carbonyl (C=O) groups is 2. The van der Waals surface area contributed by atoms with E-state index in [4.69, 9.17) is 21.4 Å². The third kappa shape index (κ3) is 2.32. The number of carbonyl (C=O) groups excluding carboxylic acids is 1. The Hall–Kier alpha value is -1.59. The summed E-state index contributed by atoms with van der Waals surface area (Å²) in [4.78, 5) is 24.2.